The van der Waals surface area contributed by atoms with Gasteiger partial charge in [-0.15, -0.1) is 11.3 Å². The van der Waals surface area contributed by atoms with Crippen molar-refractivity contribution in [2.24, 2.45) is 7.05 Å². The second-order valence-corrected chi connectivity index (χ2v) is 7.81. The molecule has 2 rings (SSSR count). The molecule has 0 spiro atoms. The SMILES string of the molecule is CC(C)NCc1ccc(S(=O)(=O)Nc2ccn(C)n2)s1. The summed E-state index contributed by atoms with van der Waals surface area (Å²) in [6.07, 6.45) is 1.68. The van der Waals surface area contributed by atoms with Crippen LogP contribution < -0.4 is 10.0 Å². The van der Waals surface area contributed by atoms with Crippen LogP contribution in [-0.4, -0.2) is 24.2 Å². The van der Waals surface area contributed by atoms with Gasteiger partial charge in [-0.2, -0.15) is 5.10 Å². The zero-order valence-electron chi connectivity index (χ0n) is 11.6. The van der Waals surface area contributed by atoms with Crippen LogP contribution in [0.15, 0.2) is 28.6 Å². The third-order valence-electron chi connectivity index (χ3n) is 2.54. The van der Waals surface area contributed by atoms with Crippen LogP contribution in [0.5, 0.6) is 0 Å². The lowest BCUT2D eigenvalue weighted by Gasteiger charge is -2.05. The van der Waals surface area contributed by atoms with Gasteiger partial charge in [0, 0.05) is 36.8 Å². The molecule has 0 unspecified atom stereocenters. The number of aryl methyl sites for hydroxylation is 1. The van der Waals surface area contributed by atoms with Gasteiger partial charge in [0.1, 0.15) is 4.21 Å². The molecule has 6 nitrogen and oxygen atoms in total. The van der Waals surface area contributed by atoms with Crippen molar-refractivity contribution in [2.45, 2.75) is 30.6 Å². The Kier molecular flexibility index (Phi) is 4.46. The molecule has 20 heavy (non-hydrogen) atoms. The van der Waals surface area contributed by atoms with Gasteiger partial charge >= 0.3 is 0 Å². The summed E-state index contributed by atoms with van der Waals surface area (Å²) in [6, 6.07) is 5.43. The Morgan fingerprint density at radius 2 is 2.10 bits per heavy atom. The molecule has 0 aliphatic heterocycles. The quantitative estimate of drug-likeness (QED) is 0.852. The Labute approximate surface area is 122 Å². The van der Waals surface area contributed by atoms with Gasteiger partial charge in [-0.3, -0.25) is 9.40 Å². The number of nitrogens with one attached hydrogen (secondary N) is 2. The van der Waals surface area contributed by atoms with Gasteiger partial charge in [0.2, 0.25) is 0 Å². The highest BCUT2D eigenvalue weighted by atomic mass is 32.2. The fraction of sp³-hybridized carbons (Fsp3) is 0.417. The summed E-state index contributed by atoms with van der Waals surface area (Å²) in [5.41, 5.74) is 0. The van der Waals surface area contributed by atoms with Crippen LogP contribution in [-0.2, 0) is 23.6 Å². The standard InChI is InChI=1S/C12H18N4O2S2/c1-9(2)13-8-10-4-5-12(19-10)20(17,18)15-11-6-7-16(3)14-11/h4-7,9,13H,8H2,1-3H3,(H,14,15). The van der Waals surface area contributed by atoms with E-state index in [9.17, 15) is 8.42 Å². The first kappa shape index (κ1) is 15.0. The lowest BCUT2D eigenvalue weighted by molar-refractivity contribution is 0.593. The smallest absolute Gasteiger partial charge is 0.272 e. The van der Waals surface area contributed by atoms with Crippen LogP contribution in [0.4, 0.5) is 5.82 Å². The number of aromatic nitrogens is 2. The van der Waals surface area contributed by atoms with E-state index in [-0.39, 0.29) is 0 Å². The molecule has 0 radical (unpaired) electrons. The molecule has 0 amide bonds. The average Bonchev–Trinajstić information content (AvgIpc) is 2.95. The fourth-order valence-corrected chi connectivity index (χ4v) is 3.86. The molecule has 0 aliphatic rings. The topological polar surface area (TPSA) is 76.0 Å². The van der Waals surface area contributed by atoms with Crippen LogP contribution in [0, 0.1) is 0 Å². The number of rotatable bonds is 6. The summed E-state index contributed by atoms with van der Waals surface area (Å²) in [5, 5.41) is 7.27. The zero-order valence-corrected chi connectivity index (χ0v) is 13.3. The van der Waals surface area contributed by atoms with Crippen molar-refractivity contribution in [3.05, 3.63) is 29.3 Å². The molecular weight excluding hydrogens is 296 g/mol. The van der Waals surface area contributed by atoms with Gasteiger partial charge in [-0.25, -0.2) is 8.42 Å². The van der Waals surface area contributed by atoms with Crippen molar-refractivity contribution in [1.29, 1.82) is 0 Å². The van der Waals surface area contributed by atoms with E-state index in [2.05, 4.69) is 15.1 Å². The molecule has 0 aromatic carbocycles. The van der Waals surface area contributed by atoms with Crippen molar-refractivity contribution in [3.63, 3.8) is 0 Å². The van der Waals surface area contributed by atoms with E-state index < -0.39 is 10.0 Å². The lowest BCUT2D eigenvalue weighted by Crippen LogP contribution is -2.21. The third kappa shape index (κ3) is 3.81. The molecule has 0 bridgehead atoms. The molecule has 2 heterocycles. The highest BCUT2D eigenvalue weighted by Crippen LogP contribution is 2.23. The van der Waals surface area contributed by atoms with E-state index in [1.54, 1.807) is 30.1 Å². The minimum Gasteiger partial charge on any atom is -0.310 e. The van der Waals surface area contributed by atoms with Gasteiger partial charge in [-0.05, 0) is 12.1 Å². The summed E-state index contributed by atoms with van der Waals surface area (Å²) in [7, 11) is -1.82. The first-order chi connectivity index (χ1) is 9.37. The maximum Gasteiger partial charge on any atom is 0.272 e. The lowest BCUT2D eigenvalue weighted by atomic mass is 10.4. The van der Waals surface area contributed by atoms with E-state index in [1.807, 2.05) is 19.9 Å². The average molecular weight is 314 g/mol. The predicted octanol–water partition coefficient (Wildman–Crippen LogP) is 1.78. The first-order valence-electron chi connectivity index (χ1n) is 6.21. The van der Waals surface area contributed by atoms with E-state index in [0.717, 1.165) is 4.88 Å². The maximum atomic E-state index is 12.2. The largest absolute Gasteiger partial charge is 0.310 e. The Hall–Kier alpha value is -1.38. The molecular formula is C12H18N4O2S2. The second-order valence-electron chi connectivity index (χ2n) is 4.74. The van der Waals surface area contributed by atoms with Gasteiger partial charge in [0.25, 0.3) is 10.0 Å². The summed E-state index contributed by atoms with van der Waals surface area (Å²) in [6.45, 7) is 4.77. The fourth-order valence-electron chi connectivity index (χ4n) is 1.56. The predicted molar refractivity (Wildman–Crippen MR) is 80.3 cm³/mol. The Morgan fingerprint density at radius 1 is 1.35 bits per heavy atom. The third-order valence-corrected chi connectivity index (χ3v) is 5.47. The van der Waals surface area contributed by atoms with Crippen LogP contribution in [0.25, 0.3) is 0 Å². The molecule has 2 N–H and O–H groups in total. The number of thiophene rings is 1. The summed E-state index contributed by atoms with van der Waals surface area (Å²) in [4.78, 5) is 0.986. The number of anilines is 1. The molecule has 0 atom stereocenters. The highest BCUT2D eigenvalue weighted by Gasteiger charge is 2.18. The van der Waals surface area contributed by atoms with Crippen molar-refractivity contribution in [3.8, 4) is 0 Å². The van der Waals surface area contributed by atoms with Crippen LogP contribution in [0.2, 0.25) is 0 Å². The van der Waals surface area contributed by atoms with Gasteiger partial charge in [0.15, 0.2) is 5.82 Å². The van der Waals surface area contributed by atoms with Gasteiger partial charge < -0.3 is 5.32 Å². The minimum atomic E-state index is -3.55. The minimum absolute atomic E-state index is 0.295. The first-order valence-corrected chi connectivity index (χ1v) is 8.51. The summed E-state index contributed by atoms with van der Waals surface area (Å²) in [5.74, 6) is 0.322. The van der Waals surface area contributed by atoms with Gasteiger partial charge in [0.05, 0.1) is 0 Å². The van der Waals surface area contributed by atoms with Crippen LogP contribution in [0.3, 0.4) is 0 Å². The molecule has 2 aromatic heterocycles. The molecule has 0 saturated carbocycles. The van der Waals surface area contributed by atoms with Crippen LogP contribution >= 0.6 is 11.3 Å². The second kappa shape index (κ2) is 5.94. The van der Waals surface area contributed by atoms with Crippen molar-refractivity contribution in [2.75, 3.05) is 4.72 Å². The number of sulfonamides is 1. The molecule has 8 heteroatoms. The Balaban J connectivity index is 2.09. The summed E-state index contributed by atoms with van der Waals surface area (Å²) >= 11 is 1.26. The van der Waals surface area contributed by atoms with Crippen molar-refractivity contribution in [1.82, 2.24) is 15.1 Å². The monoisotopic (exact) mass is 314 g/mol. The molecule has 0 aliphatic carbocycles. The number of hydrogen-bond acceptors (Lipinski definition) is 5. The number of hydrogen-bond donors (Lipinski definition) is 2. The molecule has 110 valence electrons. The van der Waals surface area contributed by atoms with E-state index >= 15 is 0 Å². The molecule has 0 saturated heterocycles. The maximum absolute atomic E-state index is 12.2. The van der Waals surface area contributed by atoms with Gasteiger partial charge in [-0.1, -0.05) is 13.8 Å². The highest BCUT2D eigenvalue weighted by molar-refractivity contribution is 7.94. The Bertz CT molecular complexity index is 673. The van der Waals surface area contributed by atoms with Crippen molar-refractivity contribution < 1.29 is 8.42 Å². The van der Waals surface area contributed by atoms with E-state index in [4.69, 9.17) is 0 Å². The van der Waals surface area contributed by atoms with Crippen molar-refractivity contribution >= 4 is 27.2 Å². The molecule has 0 fully saturated rings. The Morgan fingerprint density at radius 3 is 2.70 bits per heavy atom. The molecule has 2 aromatic rings. The number of nitrogens with zero attached hydrogens (tertiary/aromatic N) is 2. The van der Waals surface area contributed by atoms with E-state index in [1.165, 1.54) is 11.3 Å². The zero-order chi connectivity index (χ0) is 14.8. The van der Waals surface area contributed by atoms with E-state index in [0.29, 0.717) is 22.6 Å². The van der Waals surface area contributed by atoms with Crippen LogP contribution in [0.1, 0.15) is 18.7 Å². The summed E-state index contributed by atoms with van der Waals surface area (Å²) < 4.78 is 28.7. The normalized spacial score (nSPS) is 12.0.